The molecule has 0 aliphatic carbocycles. The molecule has 3 nitrogen and oxygen atoms in total. The van der Waals surface area contributed by atoms with E-state index in [-0.39, 0.29) is 5.78 Å². The number of hydrogen-bond donors (Lipinski definition) is 0. The Balaban J connectivity index is 2.57. The molecule has 0 unspecified atom stereocenters. The first-order valence-corrected chi connectivity index (χ1v) is 4.46. The van der Waals surface area contributed by atoms with Gasteiger partial charge < -0.3 is 4.74 Å². The molecule has 1 aromatic rings. The van der Waals surface area contributed by atoms with Gasteiger partial charge in [0.2, 0.25) is 0 Å². The van der Waals surface area contributed by atoms with Crippen LogP contribution in [0.25, 0.3) is 0 Å². The summed E-state index contributed by atoms with van der Waals surface area (Å²) in [5.41, 5.74) is 1.50. The van der Waals surface area contributed by atoms with E-state index in [2.05, 4.69) is 0 Å². The van der Waals surface area contributed by atoms with E-state index in [4.69, 9.17) is 4.74 Å². The van der Waals surface area contributed by atoms with Crippen LogP contribution in [0.1, 0.15) is 22.8 Å². The zero-order chi connectivity index (χ0) is 10.3. The second-order valence-corrected chi connectivity index (χ2v) is 3.51. The quantitative estimate of drug-likeness (QED) is 0.355. The lowest BCUT2D eigenvalue weighted by molar-refractivity contribution is -0.137. The Morgan fingerprint density at radius 1 is 1.29 bits per heavy atom. The van der Waals surface area contributed by atoms with Crippen molar-refractivity contribution in [3.63, 3.8) is 0 Å². The number of Topliss-reactive ketones (excluding diaryl/α,β-unsaturated/α-hetero) is 1. The van der Waals surface area contributed by atoms with Crippen molar-refractivity contribution >= 4 is 11.8 Å². The van der Waals surface area contributed by atoms with Crippen molar-refractivity contribution in [1.82, 2.24) is 0 Å². The Morgan fingerprint density at radius 2 is 2.00 bits per heavy atom. The summed E-state index contributed by atoms with van der Waals surface area (Å²) >= 11 is 0. The van der Waals surface area contributed by atoms with Gasteiger partial charge in [-0.1, -0.05) is 11.6 Å². The molecule has 0 saturated heterocycles. The van der Waals surface area contributed by atoms with E-state index in [1.54, 1.807) is 19.1 Å². The van der Waals surface area contributed by atoms with E-state index in [0.717, 1.165) is 5.56 Å². The summed E-state index contributed by atoms with van der Waals surface area (Å²) in [5.74, 6) is -0.917. The summed E-state index contributed by atoms with van der Waals surface area (Å²) in [6, 6.07) is 5.22. The van der Waals surface area contributed by atoms with Gasteiger partial charge >= 0.3 is 5.97 Å². The van der Waals surface area contributed by atoms with E-state index in [1.165, 1.54) is 0 Å². The van der Waals surface area contributed by atoms with Crippen molar-refractivity contribution < 1.29 is 14.3 Å². The molecule has 3 heteroatoms. The summed E-state index contributed by atoms with van der Waals surface area (Å²) in [7, 11) is 0. The molecule has 0 aromatic heterocycles. The number of hydrogen-bond acceptors (Lipinski definition) is 3. The standard InChI is InChI=1S/C11H10O3/c1-6-3-4-9-8(5-6)10(12)7(2)11(13)14-9/h3-5,7H,1-2H3/t7-/m0/s1. The maximum Gasteiger partial charge on any atom is 0.321 e. The molecule has 0 fully saturated rings. The van der Waals surface area contributed by atoms with E-state index < -0.39 is 11.9 Å². The van der Waals surface area contributed by atoms with Crippen LogP contribution < -0.4 is 4.74 Å². The van der Waals surface area contributed by atoms with Crippen molar-refractivity contribution in [2.75, 3.05) is 0 Å². The van der Waals surface area contributed by atoms with Gasteiger partial charge in [-0.25, -0.2) is 0 Å². The van der Waals surface area contributed by atoms with Crippen molar-refractivity contribution in [2.24, 2.45) is 5.92 Å². The molecule has 0 N–H and O–H groups in total. The van der Waals surface area contributed by atoms with Gasteiger partial charge in [-0.3, -0.25) is 9.59 Å². The Kier molecular flexibility index (Phi) is 1.88. The van der Waals surface area contributed by atoms with Crippen molar-refractivity contribution in [2.45, 2.75) is 13.8 Å². The number of carbonyl (C=O) groups is 2. The Hall–Kier alpha value is -1.64. The summed E-state index contributed by atoms with van der Waals surface area (Å²) in [5, 5.41) is 0. The highest BCUT2D eigenvalue weighted by molar-refractivity contribution is 6.13. The van der Waals surface area contributed by atoms with Crippen LogP contribution in [0.3, 0.4) is 0 Å². The van der Waals surface area contributed by atoms with Gasteiger partial charge in [0.05, 0.1) is 5.56 Å². The summed E-state index contributed by atoms with van der Waals surface area (Å²) in [6.07, 6.45) is 0. The molecule has 0 radical (unpaired) electrons. The van der Waals surface area contributed by atoms with Gasteiger partial charge in [-0.05, 0) is 26.0 Å². The average molecular weight is 190 g/mol. The van der Waals surface area contributed by atoms with E-state index >= 15 is 0 Å². The highest BCUT2D eigenvalue weighted by Crippen LogP contribution is 2.28. The molecule has 1 aliphatic heterocycles. The predicted molar refractivity (Wildman–Crippen MR) is 50.3 cm³/mol. The molecule has 0 saturated carbocycles. The van der Waals surface area contributed by atoms with Crippen LogP contribution in [0, 0.1) is 12.8 Å². The van der Waals surface area contributed by atoms with Crippen LogP contribution >= 0.6 is 0 Å². The lowest BCUT2D eigenvalue weighted by Crippen LogP contribution is -2.31. The number of benzene rings is 1. The third-order valence-electron chi connectivity index (χ3n) is 2.36. The lowest BCUT2D eigenvalue weighted by atomic mass is 9.95. The zero-order valence-corrected chi connectivity index (χ0v) is 8.03. The van der Waals surface area contributed by atoms with Gasteiger partial charge in [-0.15, -0.1) is 0 Å². The van der Waals surface area contributed by atoms with Gasteiger partial charge in [-0.2, -0.15) is 0 Å². The minimum Gasteiger partial charge on any atom is -0.425 e. The van der Waals surface area contributed by atoms with Crippen LogP contribution in [0.5, 0.6) is 5.75 Å². The van der Waals surface area contributed by atoms with Gasteiger partial charge in [0.25, 0.3) is 0 Å². The Morgan fingerprint density at radius 3 is 2.71 bits per heavy atom. The topological polar surface area (TPSA) is 43.4 Å². The number of esters is 1. The Bertz CT molecular complexity index is 421. The highest BCUT2D eigenvalue weighted by Gasteiger charge is 2.32. The van der Waals surface area contributed by atoms with E-state index in [1.807, 2.05) is 13.0 Å². The van der Waals surface area contributed by atoms with Gasteiger partial charge in [0.15, 0.2) is 5.78 Å². The molecule has 0 bridgehead atoms. The van der Waals surface area contributed by atoms with Crippen molar-refractivity contribution in [1.29, 1.82) is 0 Å². The zero-order valence-electron chi connectivity index (χ0n) is 8.03. The molecule has 1 atom stereocenters. The molecule has 0 spiro atoms. The normalized spacial score (nSPS) is 20.3. The van der Waals surface area contributed by atoms with Crippen LogP contribution in [0.2, 0.25) is 0 Å². The molecule has 1 heterocycles. The SMILES string of the molecule is Cc1ccc2c(c1)C(=O)[C@H](C)C(=O)O2. The number of ketones is 1. The molecule has 0 amide bonds. The third-order valence-corrected chi connectivity index (χ3v) is 2.36. The smallest absolute Gasteiger partial charge is 0.321 e. The van der Waals surface area contributed by atoms with Crippen LogP contribution in [-0.2, 0) is 4.79 Å². The number of carbonyl (C=O) groups excluding carboxylic acids is 2. The predicted octanol–water partition coefficient (Wildman–Crippen LogP) is 1.73. The number of ether oxygens (including phenoxy) is 1. The average Bonchev–Trinajstić information content (AvgIpc) is 2.16. The number of rotatable bonds is 0. The second kappa shape index (κ2) is 2.94. The fourth-order valence-corrected chi connectivity index (χ4v) is 1.46. The molecular weight excluding hydrogens is 180 g/mol. The summed E-state index contributed by atoms with van der Waals surface area (Å²) < 4.78 is 5.01. The van der Waals surface area contributed by atoms with Gasteiger partial charge in [0, 0.05) is 0 Å². The summed E-state index contributed by atoms with van der Waals surface area (Å²) in [6.45, 7) is 3.46. The first-order valence-electron chi connectivity index (χ1n) is 4.46. The van der Waals surface area contributed by atoms with E-state index in [0.29, 0.717) is 11.3 Å². The molecule has 2 rings (SSSR count). The first kappa shape index (κ1) is 8.94. The van der Waals surface area contributed by atoms with Gasteiger partial charge in [0.1, 0.15) is 11.7 Å². The fraction of sp³-hybridized carbons (Fsp3) is 0.273. The van der Waals surface area contributed by atoms with Crippen LogP contribution in [-0.4, -0.2) is 11.8 Å². The minimum atomic E-state index is -0.677. The first-order chi connectivity index (χ1) is 6.59. The third kappa shape index (κ3) is 1.21. The lowest BCUT2D eigenvalue weighted by Gasteiger charge is -2.19. The van der Waals surface area contributed by atoms with Crippen LogP contribution in [0.4, 0.5) is 0 Å². The monoisotopic (exact) mass is 190 g/mol. The summed E-state index contributed by atoms with van der Waals surface area (Å²) in [4.78, 5) is 22.9. The molecule has 1 aliphatic rings. The van der Waals surface area contributed by atoms with Crippen LogP contribution in [0.15, 0.2) is 18.2 Å². The minimum absolute atomic E-state index is 0.153. The highest BCUT2D eigenvalue weighted by atomic mass is 16.5. The van der Waals surface area contributed by atoms with E-state index in [9.17, 15) is 9.59 Å². The van der Waals surface area contributed by atoms with Crippen molar-refractivity contribution in [3.05, 3.63) is 29.3 Å². The number of fused-ring (bicyclic) bond motifs is 1. The molecule has 72 valence electrons. The molecule has 14 heavy (non-hydrogen) atoms. The largest absolute Gasteiger partial charge is 0.425 e. The molecular formula is C11H10O3. The maximum atomic E-state index is 11.7. The molecule has 1 aromatic carbocycles. The fourth-order valence-electron chi connectivity index (χ4n) is 1.46. The second-order valence-electron chi connectivity index (χ2n) is 3.51. The number of aryl methyl sites for hydroxylation is 1. The Labute approximate surface area is 81.7 Å². The maximum absolute atomic E-state index is 11.7. The van der Waals surface area contributed by atoms with Crippen molar-refractivity contribution in [3.8, 4) is 5.75 Å².